The van der Waals surface area contributed by atoms with E-state index >= 15 is 0 Å². The molecule has 1 heterocycles. The van der Waals surface area contributed by atoms with Crippen molar-refractivity contribution in [3.05, 3.63) is 36.4 Å². The van der Waals surface area contributed by atoms with Crippen LogP contribution in [0.3, 0.4) is 0 Å². The summed E-state index contributed by atoms with van der Waals surface area (Å²) in [6, 6.07) is 7.40. The summed E-state index contributed by atoms with van der Waals surface area (Å²) in [6.45, 7) is 3.40. The van der Waals surface area contributed by atoms with Crippen molar-refractivity contribution in [2.45, 2.75) is 50.0 Å². The van der Waals surface area contributed by atoms with Crippen LogP contribution in [0, 0.1) is 5.92 Å². The van der Waals surface area contributed by atoms with Crippen LogP contribution in [0.15, 0.2) is 41.3 Å². The average Bonchev–Trinajstić information content (AvgIpc) is 2.69. The number of anilines is 1. The molecule has 142 valence electrons. The predicted octanol–water partition coefficient (Wildman–Crippen LogP) is 2.92. The number of sulfone groups is 1. The van der Waals surface area contributed by atoms with Gasteiger partial charge in [-0.3, -0.25) is 4.79 Å². The Morgan fingerprint density at radius 3 is 2.38 bits per heavy atom. The highest BCUT2D eigenvalue weighted by Crippen LogP contribution is 2.23. The number of benzene rings is 1. The van der Waals surface area contributed by atoms with E-state index < -0.39 is 9.84 Å². The predicted molar refractivity (Wildman–Crippen MR) is 104 cm³/mol. The van der Waals surface area contributed by atoms with Gasteiger partial charge in [-0.1, -0.05) is 19.1 Å². The number of nitrogens with zero attached hydrogens (tertiary/aromatic N) is 1. The SMILES string of the molecule is CCS(=O)(=O)c1ccc(N2CCC(NC(=O)C3CC=CCC3)CC2)cc1. The molecule has 5 nitrogen and oxygen atoms in total. The van der Waals surface area contributed by atoms with Gasteiger partial charge in [0.25, 0.3) is 0 Å². The summed E-state index contributed by atoms with van der Waals surface area (Å²) in [5, 5.41) is 3.22. The number of nitrogens with one attached hydrogen (secondary N) is 1. The number of carbonyl (C=O) groups excluding carboxylic acids is 1. The van der Waals surface area contributed by atoms with Crippen molar-refractivity contribution in [2.75, 3.05) is 23.7 Å². The molecule has 0 bridgehead atoms. The second kappa shape index (κ2) is 8.25. The van der Waals surface area contributed by atoms with Gasteiger partial charge in [0, 0.05) is 30.7 Å². The van der Waals surface area contributed by atoms with Gasteiger partial charge in [-0.15, -0.1) is 0 Å². The summed E-state index contributed by atoms with van der Waals surface area (Å²) in [5.74, 6) is 0.446. The number of carbonyl (C=O) groups is 1. The van der Waals surface area contributed by atoms with E-state index in [-0.39, 0.29) is 23.6 Å². The molecule has 26 heavy (non-hydrogen) atoms. The van der Waals surface area contributed by atoms with Crippen molar-refractivity contribution in [1.82, 2.24) is 5.32 Å². The summed E-state index contributed by atoms with van der Waals surface area (Å²) >= 11 is 0. The second-order valence-electron chi connectivity index (χ2n) is 7.15. The van der Waals surface area contributed by atoms with Gasteiger partial charge in [0.05, 0.1) is 10.6 Å². The molecule has 1 atom stereocenters. The molecule has 6 heteroatoms. The second-order valence-corrected chi connectivity index (χ2v) is 9.43. The van der Waals surface area contributed by atoms with E-state index in [0.717, 1.165) is 50.9 Å². The number of allylic oxidation sites excluding steroid dienone is 2. The Balaban J connectivity index is 1.52. The van der Waals surface area contributed by atoms with Crippen molar-refractivity contribution < 1.29 is 13.2 Å². The minimum atomic E-state index is -3.15. The average molecular weight is 377 g/mol. The first-order valence-electron chi connectivity index (χ1n) is 9.52. The van der Waals surface area contributed by atoms with Gasteiger partial charge in [0.15, 0.2) is 9.84 Å². The molecule has 1 fully saturated rings. The fraction of sp³-hybridized carbons (Fsp3) is 0.550. The van der Waals surface area contributed by atoms with Crippen LogP contribution in [0.25, 0.3) is 0 Å². The Bertz CT molecular complexity index is 748. The van der Waals surface area contributed by atoms with Crippen LogP contribution in [0.2, 0.25) is 0 Å². The standard InChI is InChI=1S/C20H28N2O3S/c1-2-26(24,25)19-10-8-18(9-11-19)22-14-12-17(13-15-22)21-20(23)16-6-4-3-5-7-16/h3-4,8-11,16-17H,2,5-7,12-15H2,1H3,(H,21,23). The fourth-order valence-electron chi connectivity index (χ4n) is 3.66. The maximum Gasteiger partial charge on any atom is 0.223 e. The molecule has 0 saturated carbocycles. The van der Waals surface area contributed by atoms with Crippen LogP contribution in [0.5, 0.6) is 0 Å². The maximum absolute atomic E-state index is 12.4. The molecule has 3 rings (SSSR count). The summed E-state index contributed by atoms with van der Waals surface area (Å²) in [7, 11) is -3.15. The third kappa shape index (κ3) is 4.47. The largest absolute Gasteiger partial charge is 0.371 e. The molecule has 1 aliphatic carbocycles. The Hall–Kier alpha value is -1.82. The first-order chi connectivity index (χ1) is 12.5. The molecular formula is C20H28N2O3S. The van der Waals surface area contributed by atoms with E-state index in [4.69, 9.17) is 0 Å². The summed E-state index contributed by atoms with van der Waals surface area (Å²) in [4.78, 5) is 15.0. The molecule has 1 aromatic carbocycles. The molecule has 1 N–H and O–H groups in total. The molecule has 1 amide bonds. The number of piperidine rings is 1. The van der Waals surface area contributed by atoms with E-state index in [2.05, 4.69) is 22.4 Å². The van der Waals surface area contributed by atoms with E-state index in [9.17, 15) is 13.2 Å². The van der Waals surface area contributed by atoms with E-state index in [1.807, 2.05) is 12.1 Å². The van der Waals surface area contributed by atoms with Crippen LogP contribution in [0.4, 0.5) is 5.69 Å². The molecule has 0 aromatic heterocycles. The Morgan fingerprint density at radius 2 is 1.81 bits per heavy atom. The van der Waals surface area contributed by atoms with Gasteiger partial charge < -0.3 is 10.2 Å². The molecule has 1 saturated heterocycles. The molecular weight excluding hydrogens is 348 g/mol. The maximum atomic E-state index is 12.4. The van der Waals surface area contributed by atoms with E-state index in [0.29, 0.717) is 4.90 Å². The van der Waals surface area contributed by atoms with Gasteiger partial charge in [-0.05, 0) is 56.4 Å². The zero-order valence-corrected chi connectivity index (χ0v) is 16.2. The quantitative estimate of drug-likeness (QED) is 0.803. The lowest BCUT2D eigenvalue weighted by molar-refractivity contribution is -0.126. The minimum absolute atomic E-state index is 0.119. The Morgan fingerprint density at radius 1 is 1.12 bits per heavy atom. The van der Waals surface area contributed by atoms with Crippen molar-refractivity contribution >= 4 is 21.4 Å². The zero-order chi connectivity index (χ0) is 18.6. The van der Waals surface area contributed by atoms with Gasteiger partial charge in [0.2, 0.25) is 5.91 Å². The summed E-state index contributed by atoms with van der Waals surface area (Å²) in [5.41, 5.74) is 1.04. The van der Waals surface area contributed by atoms with Crippen LogP contribution >= 0.6 is 0 Å². The van der Waals surface area contributed by atoms with Gasteiger partial charge in [-0.25, -0.2) is 8.42 Å². The van der Waals surface area contributed by atoms with E-state index in [1.165, 1.54) is 0 Å². The van der Waals surface area contributed by atoms with Crippen LogP contribution in [-0.4, -0.2) is 39.2 Å². The first-order valence-corrected chi connectivity index (χ1v) is 11.2. The highest BCUT2D eigenvalue weighted by molar-refractivity contribution is 7.91. The lowest BCUT2D eigenvalue weighted by Crippen LogP contribution is -2.46. The van der Waals surface area contributed by atoms with Crippen LogP contribution < -0.4 is 10.2 Å². The van der Waals surface area contributed by atoms with Crippen LogP contribution in [-0.2, 0) is 14.6 Å². The molecule has 1 aromatic rings. The lowest BCUT2D eigenvalue weighted by Gasteiger charge is -2.34. The third-order valence-electron chi connectivity index (χ3n) is 5.42. The highest BCUT2D eigenvalue weighted by atomic mass is 32.2. The molecule has 2 aliphatic rings. The van der Waals surface area contributed by atoms with Gasteiger partial charge in [-0.2, -0.15) is 0 Å². The van der Waals surface area contributed by atoms with Crippen LogP contribution in [0.1, 0.15) is 39.0 Å². The summed E-state index contributed by atoms with van der Waals surface area (Å²) < 4.78 is 23.8. The smallest absolute Gasteiger partial charge is 0.223 e. The van der Waals surface area contributed by atoms with Gasteiger partial charge in [0.1, 0.15) is 0 Å². The number of amides is 1. The molecule has 0 radical (unpaired) electrons. The molecule has 1 aliphatic heterocycles. The van der Waals surface area contributed by atoms with E-state index in [1.54, 1.807) is 19.1 Å². The topological polar surface area (TPSA) is 66.5 Å². The Kier molecular flexibility index (Phi) is 6.01. The number of rotatable bonds is 5. The number of hydrogen-bond donors (Lipinski definition) is 1. The first kappa shape index (κ1) is 19.0. The summed E-state index contributed by atoms with van der Waals surface area (Å²) in [6.07, 6.45) is 8.91. The van der Waals surface area contributed by atoms with Gasteiger partial charge >= 0.3 is 0 Å². The lowest BCUT2D eigenvalue weighted by atomic mass is 9.93. The fourth-order valence-corrected chi connectivity index (χ4v) is 4.55. The third-order valence-corrected chi connectivity index (χ3v) is 7.17. The zero-order valence-electron chi connectivity index (χ0n) is 15.4. The Labute approximate surface area is 156 Å². The molecule has 0 spiro atoms. The molecule has 1 unspecified atom stereocenters. The van der Waals surface area contributed by atoms with Crippen molar-refractivity contribution in [3.63, 3.8) is 0 Å². The number of hydrogen-bond acceptors (Lipinski definition) is 4. The minimum Gasteiger partial charge on any atom is -0.371 e. The normalized spacial score (nSPS) is 21.6. The van der Waals surface area contributed by atoms with Crippen molar-refractivity contribution in [2.24, 2.45) is 5.92 Å². The van der Waals surface area contributed by atoms with Crippen molar-refractivity contribution in [3.8, 4) is 0 Å². The monoisotopic (exact) mass is 376 g/mol. The highest BCUT2D eigenvalue weighted by Gasteiger charge is 2.25. The van der Waals surface area contributed by atoms with Crippen molar-refractivity contribution in [1.29, 1.82) is 0 Å².